The molecule has 2 aromatic carbocycles. The van der Waals surface area contributed by atoms with E-state index in [0.717, 1.165) is 6.29 Å². The number of aldehydes is 1. The fourth-order valence-corrected chi connectivity index (χ4v) is 3.91. The first-order chi connectivity index (χ1) is 13.5. The SMILES string of the molecule is CCN1Cc2nc3c(-c4ccc(F)cc4OC)c(F)ccc3c(N)c2C1C=O. The van der Waals surface area contributed by atoms with E-state index in [-0.39, 0.29) is 11.3 Å². The summed E-state index contributed by atoms with van der Waals surface area (Å²) in [6, 6.07) is 6.30. The summed E-state index contributed by atoms with van der Waals surface area (Å²) in [5.74, 6) is -0.795. The largest absolute Gasteiger partial charge is 0.496 e. The number of likely N-dealkylation sites (N-methyl/N-ethyl adjacent to an activating group) is 1. The zero-order valence-electron chi connectivity index (χ0n) is 15.5. The zero-order valence-corrected chi connectivity index (χ0v) is 15.5. The van der Waals surface area contributed by atoms with Crippen molar-refractivity contribution in [3.05, 3.63) is 53.2 Å². The van der Waals surface area contributed by atoms with E-state index in [2.05, 4.69) is 4.98 Å². The van der Waals surface area contributed by atoms with Gasteiger partial charge in [0.15, 0.2) is 0 Å². The van der Waals surface area contributed by atoms with Gasteiger partial charge in [0.1, 0.15) is 23.7 Å². The average Bonchev–Trinajstić information content (AvgIpc) is 3.06. The number of pyridine rings is 1. The smallest absolute Gasteiger partial charge is 0.141 e. The number of carbonyl (C=O) groups is 1. The number of halogens is 2. The third-order valence-corrected chi connectivity index (χ3v) is 5.28. The van der Waals surface area contributed by atoms with Gasteiger partial charge in [-0.2, -0.15) is 0 Å². The molecular formula is C21H19F2N3O2. The van der Waals surface area contributed by atoms with E-state index in [9.17, 15) is 13.6 Å². The van der Waals surface area contributed by atoms with E-state index >= 15 is 0 Å². The Hall–Kier alpha value is -3.06. The second-order valence-electron chi connectivity index (χ2n) is 6.69. The van der Waals surface area contributed by atoms with Gasteiger partial charge in [-0.05, 0) is 30.8 Å². The fraction of sp³-hybridized carbons (Fsp3) is 0.238. The predicted molar refractivity (Wildman–Crippen MR) is 103 cm³/mol. The van der Waals surface area contributed by atoms with Crippen LogP contribution >= 0.6 is 0 Å². The lowest BCUT2D eigenvalue weighted by Crippen LogP contribution is -2.22. The van der Waals surface area contributed by atoms with Gasteiger partial charge in [0.25, 0.3) is 0 Å². The number of ether oxygens (including phenoxy) is 1. The van der Waals surface area contributed by atoms with Crippen molar-refractivity contribution in [2.45, 2.75) is 19.5 Å². The van der Waals surface area contributed by atoms with Gasteiger partial charge in [0.05, 0.1) is 24.4 Å². The van der Waals surface area contributed by atoms with Crippen LogP contribution in [-0.4, -0.2) is 29.8 Å². The number of aromatic nitrogens is 1. The van der Waals surface area contributed by atoms with Gasteiger partial charge < -0.3 is 15.3 Å². The van der Waals surface area contributed by atoms with Crippen LogP contribution in [-0.2, 0) is 11.3 Å². The first-order valence-electron chi connectivity index (χ1n) is 8.93. The minimum Gasteiger partial charge on any atom is -0.496 e. The summed E-state index contributed by atoms with van der Waals surface area (Å²) in [5.41, 5.74) is 9.09. The first kappa shape index (κ1) is 18.3. The zero-order chi connectivity index (χ0) is 20.0. The van der Waals surface area contributed by atoms with Gasteiger partial charge in [-0.25, -0.2) is 8.78 Å². The molecule has 1 unspecified atom stereocenters. The summed E-state index contributed by atoms with van der Waals surface area (Å²) in [6.45, 7) is 3.06. The number of carbonyl (C=O) groups excluding carboxylic acids is 1. The molecule has 0 fully saturated rings. The average molecular weight is 383 g/mol. The Bertz CT molecular complexity index is 1100. The number of nitrogen functional groups attached to an aromatic ring is 1. The van der Waals surface area contributed by atoms with Crippen molar-refractivity contribution in [1.29, 1.82) is 0 Å². The topological polar surface area (TPSA) is 68.5 Å². The van der Waals surface area contributed by atoms with Crippen LogP contribution in [0.1, 0.15) is 24.2 Å². The summed E-state index contributed by atoms with van der Waals surface area (Å²) in [5, 5.41) is 0.548. The molecule has 0 amide bonds. The number of anilines is 1. The number of hydrogen-bond donors (Lipinski definition) is 1. The molecule has 0 radical (unpaired) electrons. The van der Waals surface area contributed by atoms with Crippen LogP contribution in [0.5, 0.6) is 5.75 Å². The molecule has 0 saturated heterocycles. The van der Waals surface area contributed by atoms with Crippen molar-refractivity contribution < 1.29 is 18.3 Å². The van der Waals surface area contributed by atoms with Gasteiger partial charge in [-0.1, -0.05) is 6.92 Å². The van der Waals surface area contributed by atoms with E-state index in [1.165, 1.54) is 31.4 Å². The summed E-state index contributed by atoms with van der Waals surface area (Å²) < 4.78 is 33.8. The summed E-state index contributed by atoms with van der Waals surface area (Å²) in [4.78, 5) is 18.3. The van der Waals surface area contributed by atoms with Crippen molar-refractivity contribution in [2.24, 2.45) is 0 Å². The molecule has 28 heavy (non-hydrogen) atoms. The van der Waals surface area contributed by atoms with Crippen LogP contribution in [0.4, 0.5) is 14.5 Å². The molecule has 2 heterocycles. The molecular weight excluding hydrogens is 364 g/mol. The molecule has 3 aromatic rings. The molecule has 1 aliphatic rings. The van der Waals surface area contributed by atoms with Crippen LogP contribution in [0, 0.1) is 11.6 Å². The van der Waals surface area contributed by atoms with Gasteiger partial charge in [0.2, 0.25) is 0 Å². The normalized spacial score (nSPS) is 16.4. The lowest BCUT2D eigenvalue weighted by Gasteiger charge is -2.18. The van der Waals surface area contributed by atoms with Crippen molar-refractivity contribution in [3.63, 3.8) is 0 Å². The Morgan fingerprint density at radius 2 is 2.11 bits per heavy atom. The highest BCUT2D eigenvalue weighted by Crippen LogP contribution is 2.43. The monoisotopic (exact) mass is 383 g/mol. The molecule has 0 aliphatic carbocycles. The van der Waals surface area contributed by atoms with Gasteiger partial charge in [-0.3, -0.25) is 9.88 Å². The number of rotatable bonds is 4. The maximum atomic E-state index is 14.9. The van der Waals surface area contributed by atoms with Gasteiger partial charge in [0, 0.05) is 40.4 Å². The number of benzene rings is 2. The molecule has 5 nitrogen and oxygen atoms in total. The van der Waals surface area contributed by atoms with E-state index in [1.54, 1.807) is 6.07 Å². The highest BCUT2D eigenvalue weighted by molar-refractivity contribution is 6.03. The maximum absolute atomic E-state index is 14.9. The molecule has 4 rings (SSSR count). The van der Waals surface area contributed by atoms with Crippen molar-refractivity contribution in [3.8, 4) is 16.9 Å². The number of fused-ring (bicyclic) bond motifs is 2. The van der Waals surface area contributed by atoms with Gasteiger partial charge >= 0.3 is 0 Å². The first-order valence-corrected chi connectivity index (χ1v) is 8.93. The Balaban J connectivity index is 2.05. The lowest BCUT2D eigenvalue weighted by atomic mass is 9.96. The predicted octanol–water partition coefficient (Wildman–Crippen LogP) is 3.85. The summed E-state index contributed by atoms with van der Waals surface area (Å²) in [7, 11) is 1.40. The van der Waals surface area contributed by atoms with Crippen molar-refractivity contribution in [2.75, 3.05) is 19.4 Å². The Kier molecular flexibility index (Phi) is 4.47. The minimum atomic E-state index is -0.512. The van der Waals surface area contributed by atoms with Crippen LogP contribution in [0.3, 0.4) is 0 Å². The molecule has 0 saturated carbocycles. The maximum Gasteiger partial charge on any atom is 0.141 e. The standard InChI is InChI=1S/C21H19F2N3O2/c1-3-26-9-15-19(16(26)10-27)20(24)13-6-7-14(23)18(21(13)25-15)12-5-4-11(22)8-17(12)28-2/h4-8,10,16H,3,9H2,1-2H3,(H2,24,25). The van der Waals surface area contributed by atoms with Gasteiger partial charge in [-0.15, -0.1) is 0 Å². The summed E-state index contributed by atoms with van der Waals surface area (Å²) >= 11 is 0. The fourth-order valence-electron chi connectivity index (χ4n) is 3.91. The highest BCUT2D eigenvalue weighted by atomic mass is 19.1. The van der Waals surface area contributed by atoms with E-state index in [0.29, 0.717) is 46.5 Å². The molecule has 1 atom stereocenters. The van der Waals surface area contributed by atoms with Crippen LogP contribution in [0.2, 0.25) is 0 Å². The number of nitrogens with zero attached hydrogens (tertiary/aromatic N) is 2. The van der Waals surface area contributed by atoms with Crippen molar-refractivity contribution in [1.82, 2.24) is 9.88 Å². The van der Waals surface area contributed by atoms with Crippen LogP contribution < -0.4 is 10.5 Å². The quantitative estimate of drug-likeness (QED) is 0.693. The molecule has 7 heteroatoms. The molecule has 144 valence electrons. The van der Waals surface area contributed by atoms with Crippen molar-refractivity contribution >= 4 is 22.9 Å². The Morgan fingerprint density at radius 1 is 1.32 bits per heavy atom. The second-order valence-corrected chi connectivity index (χ2v) is 6.69. The van der Waals surface area contributed by atoms with Crippen LogP contribution in [0.25, 0.3) is 22.0 Å². The third-order valence-electron chi connectivity index (χ3n) is 5.28. The molecule has 0 bridgehead atoms. The number of methoxy groups -OCH3 is 1. The molecule has 2 N–H and O–H groups in total. The molecule has 1 aliphatic heterocycles. The Labute approximate surface area is 160 Å². The second kappa shape index (κ2) is 6.83. The van der Waals surface area contributed by atoms with E-state index < -0.39 is 17.7 Å². The van der Waals surface area contributed by atoms with E-state index in [1.807, 2.05) is 11.8 Å². The summed E-state index contributed by atoms with van der Waals surface area (Å²) in [6.07, 6.45) is 0.854. The molecule has 0 spiro atoms. The lowest BCUT2D eigenvalue weighted by molar-refractivity contribution is -0.112. The van der Waals surface area contributed by atoms with Crippen LogP contribution in [0.15, 0.2) is 30.3 Å². The Morgan fingerprint density at radius 3 is 2.79 bits per heavy atom. The highest BCUT2D eigenvalue weighted by Gasteiger charge is 2.33. The minimum absolute atomic E-state index is 0.196. The third kappa shape index (κ3) is 2.62. The number of nitrogens with two attached hydrogens (primary N) is 1. The van der Waals surface area contributed by atoms with E-state index in [4.69, 9.17) is 10.5 Å². The number of hydrogen-bond acceptors (Lipinski definition) is 5. The molecule has 1 aromatic heterocycles.